The predicted octanol–water partition coefficient (Wildman–Crippen LogP) is 5.88. The van der Waals surface area contributed by atoms with E-state index in [-0.39, 0.29) is 5.82 Å². The monoisotopic (exact) mass is 367 g/mol. The summed E-state index contributed by atoms with van der Waals surface area (Å²) < 4.78 is 19.1. The Labute approximate surface area is 161 Å². The lowest BCUT2D eigenvalue weighted by molar-refractivity contribution is -0.643. The van der Waals surface area contributed by atoms with E-state index in [0.717, 1.165) is 21.8 Å². The highest BCUT2D eigenvalue weighted by molar-refractivity contribution is 6.26. The maximum atomic E-state index is 14.6. The minimum Gasteiger partial charge on any atom is -0.307 e. The molecule has 0 bridgehead atoms. The molecule has 0 saturated heterocycles. The summed E-state index contributed by atoms with van der Waals surface area (Å²) in [7, 11) is 2.08. The smallest absolute Gasteiger partial charge is 0.224 e. The van der Waals surface area contributed by atoms with Gasteiger partial charge >= 0.3 is 0 Å². The molecule has 0 aliphatic heterocycles. The van der Waals surface area contributed by atoms with Gasteiger partial charge in [-0.15, -0.1) is 0 Å². The number of aromatic nitrogens is 2. The number of aryl methyl sites for hydroxylation is 4. The van der Waals surface area contributed by atoms with Crippen LogP contribution in [0.15, 0.2) is 48.7 Å². The molecule has 2 nitrogen and oxygen atoms in total. The number of fused-ring (bicyclic) bond motifs is 5. The van der Waals surface area contributed by atoms with Crippen molar-refractivity contribution in [1.82, 2.24) is 4.40 Å². The normalized spacial score (nSPS) is 12.5. The Bertz CT molecular complexity index is 1600. The van der Waals surface area contributed by atoms with E-state index >= 15 is 0 Å². The second-order valence-corrected chi connectivity index (χ2v) is 8.13. The quantitative estimate of drug-likeness (QED) is 0.180. The van der Waals surface area contributed by atoms with Crippen LogP contribution in [0.25, 0.3) is 49.0 Å². The second-order valence-electron chi connectivity index (χ2n) is 8.13. The zero-order valence-electron chi connectivity index (χ0n) is 16.4. The summed E-state index contributed by atoms with van der Waals surface area (Å²) >= 11 is 0. The molecule has 0 spiro atoms. The van der Waals surface area contributed by atoms with Crippen molar-refractivity contribution in [3.05, 3.63) is 71.2 Å². The number of rotatable bonds is 0. The predicted molar refractivity (Wildman–Crippen MR) is 114 cm³/mol. The minimum atomic E-state index is -0.196. The average molecular weight is 367 g/mol. The van der Waals surface area contributed by atoms with E-state index < -0.39 is 0 Å². The summed E-state index contributed by atoms with van der Waals surface area (Å²) in [6.07, 6.45) is 2.03. The van der Waals surface area contributed by atoms with Crippen molar-refractivity contribution in [2.75, 3.05) is 0 Å². The Hall–Kier alpha value is -3.20. The lowest BCUT2D eigenvalue weighted by atomic mass is 9.99. The van der Waals surface area contributed by atoms with Gasteiger partial charge in [-0.3, -0.25) is 0 Å². The van der Waals surface area contributed by atoms with Crippen LogP contribution < -0.4 is 4.57 Å². The molecule has 6 aromatic rings. The van der Waals surface area contributed by atoms with Crippen LogP contribution in [-0.2, 0) is 7.05 Å². The van der Waals surface area contributed by atoms with Crippen molar-refractivity contribution >= 4 is 49.0 Å². The average Bonchev–Trinajstić information content (AvgIpc) is 2.97. The third-order valence-corrected chi connectivity index (χ3v) is 6.24. The van der Waals surface area contributed by atoms with Crippen LogP contribution in [-0.4, -0.2) is 4.40 Å². The van der Waals surface area contributed by atoms with Crippen LogP contribution in [0, 0.1) is 26.6 Å². The van der Waals surface area contributed by atoms with E-state index in [1.54, 1.807) is 12.1 Å². The van der Waals surface area contributed by atoms with Gasteiger partial charge in [-0.1, -0.05) is 18.2 Å². The molecule has 3 aromatic heterocycles. The summed E-state index contributed by atoms with van der Waals surface area (Å²) in [5.74, 6) is -0.196. The van der Waals surface area contributed by atoms with E-state index in [1.165, 1.54) is 43.9 Å². The minimum absolute atomic E-state index is 0.196. The van der Waals surface area contributed by atoms with Crippen LogP contribution >= 0.6 is 0 Å². The number of halogens is 1. The first-order valence-corrected chi connectivity index (χ1v) is 9.63. The Balaban J connectivity index is 2.15. The molecular formula is C25H20FN2+. The summed E-state index contributed by atoms with van der Waals surface area (Å²) in [5.41, 5.74) is 8.16. The Morgan fingerprint density at radius 2 is 1.61 bits per heavy atom. The molecule has 0 unspecified atom stereocenters. The Morgan fingerprint density at radius 3 is 2.43 bits per heavy atom. The van der Waals surface area contributed by atoms with Crippen molar-refractivity contribution in [2.24, 2.45) is 7.05 Å². The molecule has 0 atom stereocenters. The molecular weight excluding hydrogens is 347 g/mol. The molecule has 3 aromatic carbocycles. The molecule has 0 amide bonds. The summed E-state index contributed by atoms with van der Waals surface area (Å²) in [6.45, 7) is 6.47. The van der Waals surface area contributed by atoms with Crippen molar-refractivity contribution in [1.29, 1.82) is 0 Å². The summed E-state index contributed by atoms with van der Waals surface area (Å²) in [4.78, 5) is 0. The van der Waals surface area contributed by atoms with Gasteiger partial charge in [0.1, 0.15) is 12.9 Å². The lowest BCUT2D eigenvalue weighted by Gasteiger charge is -2.13. The number of pyridine rings is 2. The van der Waals surface area contributed by atoms with Gasteiger partial charge in [-0.2, -0.15) is 0 Å². The van der Waals surface area contributed by atoms with Gasteiger partial charge in [-0.25, -0.2) is 8.96 Å². The van der Waals surface area contributed by atoms with Crippen molar-refractivity contribution in [3.63, 3.8) is 0 Å². The number of hydrogen-bond donors (Lipinski definition) is 0. The first-order chi connectivity index (χ1) is 13.5. The third kappa shape index (κ3) is 1.74. The fraction of sp³-hybridized carbons (Fsp3) is 0.160. The van der Waals surface area contributed by atoms with Gasteiger partial charge in [0.15, 0.2) is 6.20 Å². The second kappa shape index (κ2) is 4.99. The van der Waals surface area contributed by atoms with Crippen LogP contribution in [0.4, 0.5) is 4.39 Å². The highest BCUT2D eigenvalue weighted by atomic mass is 19.1. The zero-order chi connectivity index (χ0) is 19.3. The lowest BCUT2D eigenvalue weighted by Crippen LogP contribution is -2.28. The van der Waals surface area contributed by atoms with E-state index in [1.807, 2.05) is 12.3 Å². The molecule has 28 heavy (non-hydrogen) atoms. The molecule has 0 fully saturated rings. The van der Waals surface area contributed by atoms with Gasteiger partial charge in [0.2, 0.25) is 5.52 Å². The van der Waals surface area contributed by atoms with Gasteiger partial charge in [0.05, 0.1) is 27.3 Å². The summed E-state index contributed by atoms with van der Waals surface area (Å²) in [6, 6.07) is 14.2. The van der Waals surface area contributed by atoms with Crippen LogP contribution in [0.1, 0.15) is 16.7 Å². The molecule has 136 valence electrons. The molecule has 3 heteroatoms. The molecule has 3 heterocycles. The number of nitrogens with zero attached hydrogens (tertiary/aromatic N) is 2. The van der Waals surface area contributed by atoms with Gasteiger partial charge in [0.25, 0.3) is 0 Å². The SMILES string of the molecule is Cc1cc(C)c2c3ccc(C)c4c3n(c2c1)c1cc(F)cc2cc[n+](C)c4c21. The maximum Gasteiger partial charge on any atom is 0.224 e. The standard InChI is InChI=1S/C25H20FN2/c1-13-9-15(3)21-18-6-5-14(2)22-24(18)28(19(21)10-13)20-12-17(26)11-16-7-8-27(4)25(22)23(16)20/h5-12H,1-4H3/q+1. The highest BCUT2D eigenvalue weighted by Gasteiger charge is 2.24. The van der Waals surface area contributed by atoms with Crippen molar-refractivity contribution in [2.45, 2.75) is 20.8 Å². The van der Waals surface area contributed by atoms with E-state index in [9.17, 15) is 4.39 Å². The van der Waals surface area contributed by atoms with Gasteiger partial charge in [0, 0.05) is 16.8 Å². The Kier molecular flexibility index (Phi) is 2.82. The van der Waals surface area contributed by atoms with Crippen LogP contribution in [0.5, 0.6) is 0 Å². The first kappa shape index (κ1) is 15.8. The molecule has 0 N–H and O–H groups in total. The fourth-order valence-electron chi connectivity index (χ4n) is 5.19. The van der Waals surface area contributed by atoms with Crippen molar-refractivity contribution in [3.8, 4) is 0 Å². The first-order valence-electron chi connectivity index (χ1n) is 9.63. The molecule has 0 saturated carbocycles. The largest absolute Gasteiger partial charge is 0.307 e. The fourth-order valence-corrected chi connectivity index (χ4v) is 5.19. The van der Waals surface area contributed by atoms with Gasteiger partial charge < -0.3 is 4.40 Å². The van der Waals surface area contributed by atoms with Gasteiger partial charge in [-0.05, 0) is 61.0 Å². The topological polar surface area (TPSA) is 8.29 Å². The van der Waals surface area contributed by atoms with Crippen LogP contribution in [0.2, 0.25) is 0 Å². The van der Waals surface area contributed by atoms with E-state index in [2.05, 4.69) is 61.1 Å². The molecule has 6 rings (SSSR count). The Morgan fingerprint density at radius 1 is 0.821 bits per heavy atom. The van der Waals surface area contributed by atoms with Crippen LogP contribution in [0.3, 0.4) is 0 Å². The zero-order valence-corrected chi connectivity index (χ0v) is 16.4. The molecule has 0 aliphatic rings. The molecule has 0 aliphatic carbocycles. The number of benzene rings is 3. The number of hydrogen-bond acceptors (Lipinski definition) is 0. The van der Waals surface area contributed by atoms with E-state index in [0.29, 0.717) is 0 Å². The summed E-state index contributed by atoms with van der Waals surface area (Å²) in [5, 5.41) is 5.80. The maximum absolute atomic E-state index is 14.6. The third-order valence-electron chi connectivity index (χ3n) is 6.24. The highest BCUT2D eigenvalue weighted by Crippen LogP contribution is 2.41. The van der Waals surface area contributed by atoms with E-state index in [4.69, 9.17) is 0 Å². The van der Waals surface area contributed by atoms with Crippen molar-refractivity contribution < 1.29 is 8.96 Å². The molecule has 0 radical (unpaired) electrons.